The maximum absolute atomic E-state index is 13.0. The molecule has 0 atom stereocenters. The van der Waals surface area contributed by atoms with Crippen molar-refractivity contribution in [3.63, 3.8) is 0 Å². The topological polar surface area (TPSA) is 112 Å². The number of aliphatic carboxylic acids is 1. The number of nitrogens with one attached hydrogen (secondary N) is 1. The van der Waals surface area contributed by atoms with Crippen LogP contribution in [0.4, 0.5) is 5.82 Å². The van der Waals surface area contributed by atoms with Crippen molar-refractivity contribution in [2.24, 2.45) is 16.9 Å². The van der Waals surface area contributed by atoms with E-state index in [1.54, 1.807) is 10.4 Å². The van der Waals surface area contributed by atoms with E-state index in [1.807, 2.05) is 18.2 Å². The van der Waals surface area contributed by atoms with Gasteiger partial charge in [0, 0.05) is 37.8 Å². The fraction of sp³-hybridized carbons (Fsp3) is 0.409. The van der Waals surface area contributed by atoms with Gasteiger partial charge in [-0.2, -0.15) is 9.41 Å². The van der Waals surface area contributed by atoms with Gasteiger partial charge in [-0.05, 0) is 42.9 Å². The number of rotatable bonds is 7. The summed E-state index contributed by atoms with van der Waals surface area (Å²) in [5, 5.41) is 13.0. The first kappa shape index (κ1) is 21.5. The lowest BCUT2D eigenvalue weighted by molar-refractivity contribution is -0.142. The van der Waals surface area contributed by atoms with Crippen LogP contribution in [0.25, 0.3) is 0 Å². The van der Waals surface area contributed by atoms with Crippen LogP contribution < -0.4 is 5.43 Å². The number of benzene rings is 1. The second kappa shape index (κ2) is 9.15. The van der Waals surface area contributed by atoms with Crippen molar-refractivity contribution >= 4 is 27.5 Å². The summed E-state index contributed by atoms with van der Waals surface area (Å²) in [6.45, 7) is 1.02. The smallest absolute Gasteiger partial charge is 0.307 e. The van der Waals surface area contributed by atoms with Gasteiger partial charge in [0.05, 0.1) is 5.92 Å². The third-order valence-electron chi connectivity index (χ3n) is 5.96. The highest BCUT2D eigenvalue weighted by Crippen LogP contribution is 2.27. The normalized spacial score (nSPS) is 20.1. The van der Waals surface area contributed by atoms with E-state index in [2.05, 4.69) is 27.6 Å². The quantitative estimate of drug-likeness (QED) is 0.638. The molecule has 4 rings (SSSR count). The van der Waals surface area contributed by atoms with Crippen LogP contribution in [0, 0.1) is 11.8 Å². The predicted molar refractivity (Wildman–Crippen MR) is 117 cm³/mol. The van der Waals surface area contributed by atoms with Gasteiger partial charge in [-0.3, -0.25) is 10.2 Å². The highest BCUT2D eigenvalue weighted by atomic mass is 32.2. The molecular weight excluding hydrogens is 416 g/mol. The van der Waals surface area contributed by atoms with Gasteiger partial charge in [-0.15, -0.1) is 0 Å². The van der Waals surface area contributed by atoms with Crippen molar-refractivity contribution < 1.29 is 18.3 Å². The monoisotopic (exact) mass is 442 g/mol. The molecule has 31 heavy (non-hydrogen) atoms. The largest absolute Gasteiger partial charge is 0.481 e. The predicted octanol–water partition coefficient (Wildman–Crippen LogP) is 2.99. The first-order valence-corrected chi connectivity index (χ1v) is 11.9. The minimum absolute atomic E-state index is 0.168. The van der Waals surface area contributed by atoms with Crippen LogP contribution >= 0.6 is 0 Å². The van der Waals surface area contributed by atoms with E-state index < -0.39 is 16.0 Å². The molecule has 1 aromatic heterocycles. The van der Waals surface area contributed by atoms with Crippen LogP contribution in [0.3, 0.4) is 0 Å². The van der Waals surface area contributed by atoms with E-state index in [4.69, 9.17) is 5.11 Å². The minimum Gasteiger partial charge on any atom is -0.481 e. The fourth-order valence-corrected chi connectivity index (χ4v) is 5.38. The molecule has 0 unspecified atom stereocenters. The van der Waals surface area contributed by atoms with Crippen molar-refractivity contribution in [1.82, 2.24) is 9.29 Å². The van der Waals surface area contributed by atoms with E-state index >= 15 is 0 Å². The van der Waals surface area contributed by atoms with E-state index in [0.717, 1.165) is 25.0 Å². The summed E-state index contributed by atoms with van der Waals surface area (Å²) in [5.41, 5.74) is 4.83. The molecule has 1 aromatic carbocycles. The summed E-state index contributed by atoms with van der Waals surface area (Å²) >= 11 is 0. The molecule has 1 saturated heterocycles. The maximum atomic E-state index is 13.0. The lowest BCUT2D eigenvalue weighted by Crippen LogP contribution is -2.38. The van der Waals surface area contributed by atoms with Gasteiger partial charge in [0.15, 0.2) is 0 Å². The second-order valence-electron chi connectivity index (χ2n) is 8.15. The Kier molecular flexibility index (Phi) is 6.33. The molecule has 2 fully saturated rings. The molecule has 1 aliphatic carbocycles. The summed E-state index contributed by atoms with van der Waals surface area (Å²) in [6.07, 6.45) is 4.86. The average Bonchev–Trinajstić information content (AvgIpc) is 2.74. The number of carboxylic acid groups (broad SMARTS) is 1. The van der Waals surface area contributed by atoms with Gasteiger partial charge >= 0.3 is 5.97 Å². The highest BCUT2D eigenvalue weighted by Gasteiger charge is 2.31. The molecule has 1 aliphatic heterocycles. The fourth-order valence-electron chi connectivity index (χ4n) is 3.96. The number of hydrogen-bond acceptors (Lipinski definition) is 6. The molecule has 9 heteroatoms. The van der Waals surface area contributed by atoms with Crippen molar-refractivity contribution in [2.45, 2.75) is 37.0 Å². The molecule has 0 radical (unpaired) electrons. The summed E-state index contributed by atoms with van der Waals surface area (Å²) in [6, 6.07) is 13.4. The zero-order valence-corrected chi connectivity index (χ0v) is 18.0. The van der Waals surface area contributed by atoms with Crippen LogP contribution in [0.1, 0.15) is 31.2 Å². The Bertz CT molecular complexity index is 1040. The zero-order valence-electron chi connectivity index (χ0n) is 17.1. The number of nitrogens with zero attached hydrogens (tertiary/aromatic N) is 3. The molecule has 2 N–H and O–H groups in total. The Hall–Kier alpha value is -2.78. The molecule has 0 amide bonds. The molecule has 1 saturated carbocycles. The van der Waals surface area contributed by atoms with Crippen molar-refractivity contribution in [3.8, 4) is 0 Å². The maximum Gasteiger partial charge on any atom is 0.307 e. The minimum atomic E-state index is -3.57. The van der Waals surface area contributed by atoms with E-state index in [9.17, 15) is 13.2 Å². The van der Waals surface area contributed by atoms with Gasteiger partial charge < -0.3 is 5.11 Å². The Balaban J connectivity index is 1.31. The molecule has 164 valence electrons. The number of pyridine rings is 1. The summed E-state index contributed by atoms with van der Waals surface area (Å²) in [4.78, 5) is 15.1. The number of aromatic nitrogens is 1. The number of piperidine rings is 1. The Labute approximate surface area is 182 Å². The average molecular weight is 443 g/mol. The van der Waals surface area contributed by atoms with E-state index in [0.29, 0.717) is 37.7 Å². The Morgan fingerprint density at radius 3 is 2.45 bits per heavy atom. The first-order valence-electron chi connectivity index (χ1n) is 10.5. The molecule has 2 heterocycles. The second-order valence-corrected chi connectivity index (χ2v) is 10.1. The number of carboxylic acids is 1. The van der Waals surface area contributed by atoms with E-state index in [-0.39, 0.29) is 10.8 Å². The van der Waals surface area contributed by atoms with Gasteiger partial charge in [0.2, 0.25) is 10.0 Å². The lowest BCUT2D eigenvalue weighted by atomic mass is 9.83. The van der Waals surface area contributed by atoms with Crippen molar-refractivity contribution in [1.29, 1.82) is 0 Å². The summed E-state index contributed by atoms with van der Waals surface area (Å²) in [7, 11) is -3.57. The number of sulfonamides is 1. The molecule has 0 bridgehead atoms. The van der Waals surface area contributed by atoms with Crippen LogP contribution in [-0.4, -0.2) is 47.6 Å². The molecule has 2 aliphatic rings. The molecular formula is C22H26N4O4S. The summed E-state index contributed by atoms with van der Waals surface area (Å²) in [5.74, 6) is -0.259. The summed E-state index contributed by atoms with van der Waals surface area (Å²) < 4.78 is 27.5. The molecule has 0 spiro atoms. The lowest BCUT2D eigenvalue weighted by Gasteiger charge is -2.31. The van der Waals surface area contributed by atoms with Gasteiger partial charge in [0.1, 0.15) is 10.7 Å². The van der Waals surface area contributed by atoms with Crippen molar-refractivity contribution in [2.75, 3.05) is 18.5 Å². The Morgan fingerprint density at radius 2 is 1.84 bits per heavy atom. The number of hydrogen-bond donors (Lipinski definition) is 2. The van der Waals surface area contributed by atoms with Crippen LogP contribution in [0.2, 0.25) is 0 Å². The first-order chi connectivity index (χ1) is 14.9. The van der Waals surface area contributed by atoms with Gasteiger partial charge in [-0.1, -0.05) is 30.3 Å². The van der Waals surface area contributed by atoms with Crippen molar-refractivity contribution in [3.05, 3.63) is 54.2 Å². The van der Waals surface area contributed by atoms with Gasteiger partial charge in [-0.25, -0.2) is 13.4 Å². The van der Waals surface area contributed by atoms with Crippen LogP contribution in [0.15, 0.2) is 58.7 Å². The highest BCUT2D eigenvalue weighted by molar-refractivity contribution is 7.89. The van der Waals surface area contributed by atoms with Gasteiger partial charge in [0.25, 0.3) is 0 Å². The Morgan fingerprint density at radius 1 is 1.13 bits per heavy atom. The van der Waals surface area contributed by atoms with E-state index in [1.165, 1.54) is 17.8 Å². The number of hydrazone groups is 1. The molecule has 8 nitrogen and oxygen atoms in total. The third kappa shape index (κ3) is 5.11. The third-order valence-corrected chi connectivity index (χ3v) is 7.84. The number of anilines is 1. The van der Waals surface area contributed by atoms with Crippen LogP contribution in [-0.2, 0) is 21.2 Å². The standard InChI is InChI=1S/C22H26N4O4S/c27-22(28)18-13-19(14-18)24-25-21-7-6-20(15-23-21)31(29,30)26-10-8-17(9-11-26)12-16-4-2-1-3-5-16/h1-7,15,17-18H,8-14H2,(H,23,25)(H,27,28). The molecule has 2 aromatic rings. The number of carbonyl (C=O) groups is 1. The van der Waals surface area contributed by atoms with Crippen LogP contribution in [0.5, 0.6) is 0 Å². The SMILES string of the molecule is O=C(O)C1CC(=NNc2ccc(S(=O)(=O)N3CCC(Cc4ccccc4)CC3)cn2)C1. The zero-order chi connectivity index (χ0) is 21.8.